The minimum Gasteiger partial charge on any atom is -0.337 e. The Morgan fingerprint density at radius 3 is 2.67 bits per heavy atom. The highest BCUT2D eigenvalue weighted by atomic mass is 32.2. The topological polar surface area (TPSA) is 83.6 Å². The molecule has 3 aromatic carbocycles. The molecule has 36 heavy (non-hydrogen) atoms. The molecular formula is C29H29N5OS. The van der Waals surface area contributed by atoms with Gasteiger partial charge in [0.1, 0.15) is 11.4 Å². The van der Waals surface area contributed by atoms with Crippen LogP contribution in [0, 0.1) is 31.1 Å². The number of hydrogen-bond acceptors (Lipinski definition) is 5. The predicted molar refractivity (Wildman–Crippen MR) is 143 cm³/mol. The Balaban J connectivity index is 1.46. The largest absolute Gasteiger partial charge is 0.337 e. The molecule has 7 heteroatoms. The van der Waals surface area contributed by atoms with Gasteiger partial charge >= 0.3 is 0 Å². The van der Waals surface area contributed by atoms with Gasteiger partial charge < -0.3 is 5.32 Å². The molecule has 6 nitrogen and oxygen atoms in total. The zero-order valence-electron chi connectivity index (χ0n) is 20.8. The van der Waals surface area contributed by atoms with Crippen molar-refractivity contribution in [3.05, 3.63) is 83.2 Å². The van der Waals surface area contributed by atoms with Gasteiger partial charge in [-0.2, -0.15) is 5.26 Å². The Morgan fingerprint density at radius 1 is 1.14 bits per heavy atom. The molecule has 0 saturated heterocycles. The van der Waals surface area contributed by atoms with Crippen molar-refractivity contribution >= 4 is 28.4 Å². The first kappa shape index (κ1) is 24.1. The number of nitrogens with one attached hydrogen (secondary N) is 1. The molecule has 0 radical (unpaired) electrons. The summed E-state index contributed by atoms with van der Waals surface area (Å²) in [4.78, 5) is 12.8. The SMILES string of the molecule is Cc1ccc(-n2c(Cc3cccc4ccccc34)nnc2SCC(=O)NC(C)(C#N)C2CC2)c(C)c1. The molecule has 5 rings (SSSR count). The molecule has 1 saturated carbocycles. The van der Waals surface area contributed by atoms with E-state index in [-0.39, 0.29) is 17.6 Å². The van der Waals surface area contributed by atoms with Crippen molar-refractivity contribution in [1.29, 1.82) is 5.26 Å². The van der Waals surface area contributed by atoms with Crippen LogP contribution >= 0.6 is 11.8 Å². The monoisotopic (exact) mass is 495 g/mol. The van der Waals surface area contributed by atoms with E-state index in [2.05, 4.69) is 94.6 Å². The maximum Gasteiger partial charge on any atom is 0.231 e. The van der Waals surface area contributed by atoms with Crippen molar-refractivity contribution in [2.75, 3.05) is 5.75 Å². The van der Waals surface area contributed by atoms with E-state index in [1.54, 1.807) is 0 Å². The molecule has 182 valence electrons. The summed E-state index contributed by atoms with van der Waals surface area (Å²) in [7, 11) is 0. The number of carbonyl (C=O) groups is 1. The van der Waals surface area contributed by atoms with Crippen LogP contribution in [0.4, 0.5) is 0 Å². The second kappa shape index (κ2) is 9.79. The summed E-state index contributed by atoms with van der Waals surface area (Å²) in [5.74, 6) is 1.06. The number of rotatable bonds is 8. The molecule has 1 atom stereocenters. The number of nitriles is 1. The average molecular weight is 496 g/mol. The van der Waals surface area contributed by atoms with E-state index in [0.29, 0.717) is 11.6 Å². The van der Waals surface area contributed by atoms with E-state index in [1.807, 2.05) is 13.0 Å². The number of nitrogens with zero attached hydrogens (tertiary/aromatic N) is 4. The second-order valence-electron chi connectivity index (χ2n) is 9.76. The van der Waals surface area contributed by atoms with Crippen LogP contribution in [0.2, 0.25) is 0 Å². The van der Waals surface area contributed by atoms with Crippen LogP contribution < -0.4 is 5.32 Å². The van der Waals surface area contributed by atoms with Crippen molar-refractivity contribution in [3.8, 4) is 11.8 Å². The molecule has 1 N–H and O–H groups in total. The average Bonchev–Trinajstić information content (AvgIpc) is 3.66. The summed E-state index contributed by atoms with van der Waals surface area (Å²) in [6.45, 7) is 5.97. The Labute approximate surface area is 215 Å². The summed E-state index contributed by atoms with van der Waals surface area (Å²) in [5, 5.41) is 24.7. The molecule has 0 bridgehead atoms. The molecule has 0 aliphatic heterocycles. The molecule has 4 aromatic rings. The minimum absolute atomic E-state index is 0.165. The molecule has 1 heterocycles. The van der Waals surface area contributed by atoms with Crippen LogP contribution in [0.25, 0.3) is 16.5 Å². The van der Waals surface area contributed by atoms with Gasteiger partial charge in [-0.25, -0.2) is 0 Å². The number of carbonyl (C=O) groups excluding carboxylic acids is 1. The van der Waals surface area contributed by atoms with Gasteiger partial charge in [-0.1, -0.05) is 71.9 Å². The zero-order valence-corrected chi connectivity index (χ0v) is 21.6. The Kier molecular flexibility index (Phi) is 6.55. The standard InChI is InChI=1S/C29H29N5OS/c1-19-11-14-25(20(2)15-19)34-26(16-22-9-6-8-21-7-4-5-10-24(21)22)32-33-28(34)36-17-27(35)31-29(3,18-30)23-12-13-23/h4-11,14-15,23H,12-13,16-17H2,1-3H3,(H,31,35). The van der Waals surface area contributed by atoms with Crippen LogP contribution in [-0.4, -0.2) is 32.0 Å². The normalized spacial score (nSPS) is 14.8. The van der Waals surface area contributed by atoms with Gasteiger partial charge in [0, 0.05) is 6.42 Å². The highest BCUT2D eigenvalue weighted by Gasteiger charge is 2.43. The van der Waals surface area contributed by atoms with Gasteiger partial charge in [0.05, 0.1) is 17.5 Å². The summed E-state index contributed by atoms with van der Waals surface area (Å²) in [6, 6.07) is 23.3. The van der Waals surface area contributed by atoms with Crippen LogP contribution in [0.3, 0.4) is 0 Å². The number of fused-ring (bicyclic) bond motifs is 1. The second-order valence-corrected chi connectivity index (χ2v) is 10.7. The van der Waals surface area contributed by atoms with Crippen molar-refractivity contribution in [3.63, 3.8) is 0 Å². The fourth-order valence-corrected chi connectivity index (χ4v) is 5.53. The van der Waals surface area contributed by atoms with Crippen molar-refractivity contribution in [2.24, 2.45) is 5.92 Å². The highest BCUT2D eigenvalue weighted by molar-refractivity contribution is 7.99. The molecule has 1 fully saturated rings. The highest BCUT2D eigenvalue weighted by Crippen LogP contribution is 2.39. The van der Waals surface area contributed by atoms with Crippen LogP contribution in [-0.2, 0) is 11.2 Å². The summed E-state index contributed by atoms with van der Waals surface area (Å²) >= 11 is 1.35. The van der Waals surface area contributed by atoms with E-state index < -0.39 is 5.54 Å². The lowest BCUT2D eigenvalue weighted by atomic mass is 9.98. The predicted octanol–water partition coefficient (Wildman–Crippen LogP) is 5.53. The number of thioether (sulfide) groups is 1. The zero-order chi connectivity index (χ0) is 25.3. The molecule has 1 amide bonds. The van der Waals surface area contributed by atoms with Crippen LogP contribution in [0.1, 0.15) is 42.3 Å². The number of benzene rings is 3. The summed E-state index contributed by atoms with van der Waals surface area (Å²) < 4.78 is 2.07. The third-order valence-corrected chi connectivity index (χ3v) is 7.81. The maximum absolute atomic E-state index is 12.8. The Morgan fingerprint density at radius 2 is 1.92 bits per heavy atom. The maximum atomic E-state index is 12.8. The fraction of sp³-hybridized carbons (Fsp3) is 0.310. The van der Waals surface area contributed by atoms with Crippen molar-refractivity contribution in [2.45, 2.75) is 50.7 Å². The number of aromatic nitrogens is 3. The molecule has 1 aliphatic rings. The van der Waals surface area contributed by atoms with Crippen molar-refractivity contribution in [1.82, 2.24) is 20.1 Å². The van der Waals surface area contributed by atoms with Gasteiger partial charge in [-0.15, -0.1) is 10.2 Å². The summed E-state index contributed by atoms with van der Waals surface area (Å²) in [5.41, 5.74) is 3.67. The lowest BCUT2D eigenvalue weighted by Gasteiger charge is -2.22. The minimum atomic E-state index is -0.807. The van der Waals surface area contributed by atoms with Gasteiger partial charge in [-0.05, 0) is 67.5 Å². The van der Waals surface area contributed by atoms with E-state index in [1.165, 1.54) is 33.7 Å². The Bertz CT molecular complexity index is 1480. The smallest absolute Gasteiger partial charge is 0.231 e. The van der Waals surface area contributed by atoms with E-state index in [0.717, 1.165) is 29.9 Å². The quantitative estimate of drug-likeness (QED) is 0.325. The van der Waals surface area contributed by atoms with Gasteiger partial charge in [-0.3, -0.25) is 9.36 Å². The van der Waals surface area contributed by atoms with Crippen LogP contribution in [0.15, 0.2) is 65.8 Å². The molecule has 0 spiro atoms. The van der Waals surface area contributed by atoms with Gasteiger partial charge in [0.15, 0.2) is 5.16 Å². The fourth-order valence-electron chi connectivity index (χ4n) is 4.76. The molecular weight excluding hydrogens is 466 g/mol. The van der Waals surface area contributed by atoms with E-state index >= 15 is 0 Å². The number of amides is 1. The first-order valence-corrected chi connectivity index (χ1v) is 13.2. The molecule has 1 aliphatic carbocycles. The summed E-state index contributed by atoms with van der Waals surface area (Å²) in [6.07, 6.45) is 2.58. The van der Waals surface area contributed by atoms with Gasteiger partial charge in [0.2, 0.25) is 5.91 Å². The first-order valence-electron chi connectivity index (χ1n) is 12.2. The lowest BCUT2D eigenvalue weighted by Crippen LogP contribution is -2.47. The van der Waals surface area contributed by atoms with Crippen molar-refractivity contribution < 1.29 is 4.79 Å². The van der Waals surface area contributed by atoms with Crippen LogP contribution in [0.5, 0.6) is 0 Å². The van der Waals surface area contributed by atoms with E-state index in [9.17, 15) is 10.1 Å². The third-order valence-electron chi connectivity index (χ3n) is 6.88. The first-order chi connectivity index (χ1) is 17.4. The van der Waals surface area contributed by atoms with Gasteiger partial charge in [0.25, 0.3) is 0 Å². The van der Waals surface area contributed by atoms with E-state index in [4.69, 9.17) is 0 Å². The number of hydrogen-bond donors (Lipinski definition) is 1. The third kappa shape index (κ3) is 4.87. The molecule has 1 aromatic heterocycles. The number of aryl methyl sites for hydroxylation is 2. The lowest BCUT2D eigenvalue weighted by molar-refractivity contribution is -0.119. The molecule has 1 unspecified atom stereocenters. The Hall–Kier alpha value is -3.63.